The molecule has 0 radical (unpaired) electrons. The van der Waals surface area contributed by atoms with Gasteiger partial charge < -0.3 is 10.6 Å². The highest BCUT2D eigenvalue weighted by molar-refractivity contribution is 5.42. The van der Waals surface area contributed by atoms with Crippen molar-refractivity contribution in [3.05, 3.63) is 30.3 Å². The Hall–Kier alpha value is -1.02. The molecule has 2 heteroatoms. The molecular formula is C16H28N2. The first-order chi connectivity index (χ1) is 8.93. The Bertz CT molecular complexity index is 272. The van der Waals surface area contributed by atoms with Crippen molar-refractivity contribution in [2.75, 3.05) is 25.0 Å². The number of nitrogens with one attached hydrogen (secondary N) is 2. The van der Waals surface area contributed by atoms with Gasteiger partial charge in [-0.15, -0.1) is 0 Å². The van der Waals surface area contributed by atoms with Crippen LogP contribution < -0.4 is 10.6 Å². The summed E-state index contributed by atoms with van der Waals surface area (Å²) in [6.07, 6.45) is 8.23. The van der Waals surface area contributed by atoms with Gasteiger partial charge in [0.2, 0.25) is 0 Å². The Morgan fingerprint density at radius 3 is 2.28 bits per heavy atom. The van der Waals surface area contributed by atoms with Gasteiger partial charge in [0.15, 0.2) is 0 Å². The maximum Gasteiger partial charge on any atom is 0.0340 e. The van der Waals surface area contributed by atoms with E-state index in [-0.39, 0.29) is 0 Å². The summed E-state index contributed by atoms with van der Waals surface area (Å²) in [5.74, 6) is 0. The summed E-state index contributed by atoms with van der Waals surface area (Å²) < 4.78 is 0. The van der Waals surface area contributed by atoms with E-state index in [0.29, 0.717) is 0 Å². The highest BCUT2D eigenvalue weighted by atomic mass is 14.9. The molecule has 0 unspecified atom stereocenters. The maximum absolute atomic E-state index is 3.48. The van der Waals surface area contributed by atoms with Gasteiger partial charge in [-0.2, -0.15) is 0 Å². The summed E-state index contributed by atoms with van der Waals surface area (Å²) in [4.78, 5) is 0. The molecule has 0 aliphatic carbocycles. The van der Waals surface area contributed by atoms with Gasteiger partial charge in [0.1, 0.15) is 0 Å². The van der Waals surface area contributed by atoms with Crippen molar-refractivity contribution in [3.63, 3.8) is 0 Å². The first kappa shape index (κ1) is 15.0. The van der Waals surface area contributed by atoms with Crippen molar-refractivity contribution in [2.24, 2.45) is 0 Å². The Kier molecular flexibility index (Phi) is 9.27. The van der Waals surface area contributed by atoms with Crippen LogP contribution in [-0.4, -0.2) is 19.6 Å². The lowest BCUT2D eigenvalue weighted by Gasteiger charge is -2.07. The normalized spacial score (nSPS) is 10.5. The van der Waals surface area contributed by atoms with Crippen LogP contribution >= 0.6 is 0 Å². The molecule has 1 aromatic carbocycles. The molecule has 1 aromatic rings. The third kappa shape index (κ3) is 8.13. The predicted molar refractivity (Wildman–Crippen MR) is 81.2 cm³/mol. The molecule has 0 amide bonds. The summed E-state index contributed by atoms with van der Waals surface area (Å²) >= 11 is 0. The fourth-order valence-electron chi connectivity index (χ4n) is 2.01. The topological polar surface area (TPSA) is 24.1 Å². The Balaban J connectivity index is 1.82. The van der Waals surface area contributed by atoms with Crippen LogP contribution in [0.4, 0.5) is 5.69 Å². The molecule has 18 heavy (non-hydrogen) atoms. The van der Waals surface area contributed by atoms with Crippen molar-refractivity contribution in [1.82, 2.24) is 5.32 Å². The third-order valence-electron chi connectivity index (χ3n) is 3.11. The van der Waals surface area contributed by atoms with E-state index in [2.05, 4.69) is 41.8 Å². The second kappa shape index (κ2) is 11.1. The van der Waals surface area contributed by atoms with E-state index in [1.807, 2.05) is 6.07 Å². The van der Waals surface area contributed by atoms with Gasteiger partial charge in [-0.25, -0.2) is 0 Å². The van der Waals surface area contributed by atoms with Crippen LogP contribution in [0.3, 0.4) is 0 Å². The predicted octanol–water partition coefficient (Wildman–Crippen LogP) is 4.05. The van der Waals surface area contributed by atoms with E-state index in [0.717, 1.165) is 19.6 Å². The number of hydrogen-bond donors (Lipinski definition) is 2. The molecule has 0 bridgehead atoms. The molecule has 0 aromatic heterocycles. The molecule has 2 nitrogen and oxygen atoms in total. The van der Waals surface area contributed by atoms with E-state index < -0.39 is 0 Å². The van der Waals surface area contributed by atoms with Crippen LogP contribution in [0.25, 0.3) is 0 Å². The molecule has 0 aliphatic rings. The molecule has 0 aliphatic heterocycles. The van der Waals surface area contributed by atoms with Crippen LogP contribution in [0.15, 0.2) is 30.3 Å². The van der Waals surface area contributed by atoms with E-state index in [1.54, 1.807) is 0 Å². The van der Waals surface area contributed by atoms with Crippen LogP contribution in [0, 0.1) is 0 Å². The van der Waals surface area contributed by atoms with Gasteiger partial charge in [0.25, 0.3) is 0 Å². The second-order valence-electron chi connectivity index (χ2n) is 4.81. The first-order valence-corrected chi connectivity index (χ1v) is 7.43. The molecular weight excluding hydrogens is 220 g/mol. The molecule has 0 spiro atoms. The smallest absolute Gasteiger partial charge is 0.0340 e. The summed E-state index contributed by atoms with van der Waals surface area (Å²) in [5.41, 5.74) is 1.21. The Morgan fingerprint density at radius 2 is 1.50 bits per heavy atom. The number of anilines is 1. The van der Waals surface area contributed by atoms with Gasteiger partial charge in [-0.1, -0.05) is 57.2 Å². The van der Waals surface area contributed by atoms with E-state index in [4.69, 9.17) is 0 Å². The lowest BCUT2D eigenvalue weighted by molar-refractivity contribution is 0.577. The minimum absolute atomic E-state index is 1.000. The van der Waals surface area contributed by atoms with Crippen molar-refractivity contribution < 1.29 is 0 Å². The molecule has 0 heterocycles. The zero-order chi connectivity index (χ0) is 12.9. The van der Waals surface area contributed by atoms with Gasteiger partial charge >= 0.3 is 0 Å². The number of rotatable bonds is 11. The van der Waals surface area contributed by atoms with Crippen molar-refractivity contribution in [1.29, 1.82) is 0 Å². The molecule has 1 rings (SSSR count). The lowest BCUT2D eigenvalue weighted by atomic mass is 10.1. The molecule has 102 valence electrons. The largest absolute Gasteiger partial charge is 0.384 e. The SMILES string of the molecule is CCCCCCCCNCCNc1ccccc1. The monoisotopic (exact) mass is 248 g/mol. The van der Waals surface area contributed by atoms with Crippen LogP contribution in [0.5, 0.6) is 0 Å². The van der Waals surface area contributed by atoms with Crippen LogP contribution in [0.1, 0.15) is 45.4 Å². The minimum Gasteiger partial charge on any atom is -0.384 e. The van der Waals surface area contributed by atoms with Crippen molar-refractivity contribution in [3.8, 4) is 0 Å². The van der Waals surface area contributed by atoms with Crippen molar-refractivity contribution >= 4 is 5.69 Å². The lowest BCUT2D eigenvalue weighted by Crippen LogP contribution is -2.23. The standard InChI is InChI=1S/C16H28N2/c1-2-3-4-5-6-10-13-17-14-15-18-16-11-8-7-9-12-16/h7-9,11-12,17-18H,2-6,10,13-15H2,1H3. The Morgan fingerprint density at radius 1 is 0.778 bits per heavy atom. The first-order valence-electron chi connectivity index (χ1n) is 7.43. The third-order valence-corrected chi connectivity index (χ3v) is 3.11. The molecule has 2 N–H and O–H groups in total. The van der Waals surface area contributed by atoms with E-state index in [1.165, 1.54) is 44.2 Å². The average Bonchev–Trinajstić information content (AvgIpc) is 2.42. The summed E-state index contributed by atoms with van der Waals surface area (Å²) in [5, 5.41) is 6.88. The summed E-state index contributed by atoms with van der Waals surface area (Å²) in [6, 6.07) is 10.4. The van der Waals surface area contributed by atoms with Crippen LogP contribution in [-0.2, 0) is 0 Å². The summed E-state index contributed by atoms with van der Waals surface area (Å²) in [6.45, 7) is 5.47. The highest BCUT2D eigenvalue weighted by Gasteiger charge is 1.91. The molecule has 0 saturated carbocycles. The average molecular weight is 248 g/mol. The summed E-state index contributed by atoms with van der Waals surface area (Å²) in [7, 11) is 0. The van der Waals surface area contributed by atoms with Gasteiger partial charge in [0, 0.05) is 18.8 Å². The van der Waals surface area contributed by atoms with Gasteiger partial charge in [0.05, 0.1) is 0 Å². The zero-order valence-corrected chi connectivity index (χ0v) is 11.8. The minimum atomic E-state index is 1.000. The van der Waals surface area contributed by atoms with E-state index in [9.17, 15) is 0 Å². The fourth-order valence-corrected chi connectivity index (χ4v) is 2.01. The molecule has 0 atom stereocenters. The number of benzene rings is 1. The maximum atomic E-state index is 3.48. The fraction of sp³-hybridized carbons (Fsp3) is 0.625. The second-order valence-corrected chi connectivity index (χ2v) is 4.81. The quantitative estimate of drug-likeness (QED) is 0.577. The highest BCUT2D eigenvalue weighted by Crippen LogP contribution is 2.04. The molecule has 0 saturated heterocycles. The van der Waals surface area contributed by atoms with Crippen LogP contribution in [0.2, 0.25) is 0 Å². The molecule has 0 fully saturated rings. The van der Waals surface area contributed by atoms with Gasteiger partial charge in [-0.3, -0.25) is 0 Å². The van der Waals surface area contributed by atoms with E-state index >= 15 is 0 Å². The number of unbranched alkanes of at least 4 members (excludes halogenated alkanes) is 5. The van der Waals surface area contributed by atoms with Gasteiger partial charge in [-0.05, 0) is 25.1 Å². The number of hydrogen-bond acceptors (Lipinski definition) is 2. The number of para-hydroxylation sites is 1. The zero-order valence-electron chi connectivity index (χ0n) is 11.8. The van der Waals surface area contributed by atoms with Crippen molar-refractivity contribution in [2.45, 2.75) is 45.4 Å². The Labute approximate surface area is 112 Å².